The van der Waals surface area contributed by atoms with Crippen LogP contribution >= 0.6 is 23.1 Å². The fraction of sp³-hybridized carbons (Fsp3) is 0.323. The second-order valence-corrected chi connectivity index (χ2v) is 14.5. The molecule has 5 rings (SSSR count). The van der Waals surface area contributed by atoms with Crippen LogP contribution < -0.4 is 9.47 Å². The normalized spacial score (nSPS) is 19.4. The van der Waals surface area contributed by atoms with Gasteiger partial charge in [-0.2, -0.15) is 4.57 Å². The Morgan fingerprint density at radius 1 is 1.10 bits per heavy atom. The molecule has 0 atom stereocenters. The van der Waals surface area contributed by atoms with Crippen LogP contribution in [0.2, 0.25) is 0 Å². The van der Waals surface area contributed by atoms with E-state index in [-0.39, 0.29) is 11.2 Å². The number of allylic oxidation sites excluding steroid dienone is 6. The van der Waals surface area contributed by atoms with Gasteiger partial charge in [0.1, 0.15) is 11.2 Å². The third kappa shape index (κ3) is 6.74. The van der Waals surface area contributed by atoms with Crippen molar-refractivity contribution < 1.29 is 17.5 Å². The molecular formula is C31H34N2O3S3. The number of anilines is 1. The van der Waals surface area contributed by atoms with Crippen LogP contribution in [0.5, 0.6) is 0 Å². The number of hydrogen-bond acceptors (Lipinski definition) is 6. The Hall–Kier alpha value is -2.65. The van der Waals surface area contributed by atoms with Gasteiger partial charge in [0, 0.05) is 29.3 Å². The quantitative estimate of drug-likeness (QED) is 0.208. The molecule has 5 nitrogen and oxygen atoms in total. The van der Waals surface area contributed by atoms with Crippen LogP contribution in [0.3, 0.4) is 0 Å². The summed E-state index contributed by atoms with van der Waals surface area (Å²) in [5.74, 6) is -0.351. The molecule has 2 aliphatic rings. The molecule has 2 aromatic carbocycles. The van der Waals surface area contributed by atoms with Crippen LogP contribution in [-0.2, 0) is 16.7 Å². The number of hydrogen-bond donors (Lipinski definition) is 0. The zero-order valence-corrected chi connectivity index (χ0v) is 25.0. The lowest BCUT2D eigenvalue weighted by atomic mass is 9.75. The molecule has 39 heavy (non-hydrogen) atoms. The highest BCUT2D eigenvalue weighted by Crippen LogP contribution is 2.47. The molecule has 0 fully saturated rings. The van der Waals surface area contributed by atoms with E-state index in [4.69, 9.17) is 0 Å². The molecule has 8 heteroatoms. The fourth-order valence-electron chi connectivity index (χ4n) is 5.41. The minimum atomic E-state index is -4.23. The molecule has 1 aliphatic carbocycles. The van der Waals surface area contributed by atoms with Gasteiger partial charge in [0.2, 0.25) is 5.52 Å². The van der Waals surface area contributed by atoms with E-state index in [1.54, 1.807) is 11.8 Å². The summed E-state index contributed by atoms with van der Waals surface area (Å²) in [7, 11) is -4.23. The predicted molar refractivity (Wildman–Crippen MR) is 163 cm³/mol. The molecule has 0 bridgehead atoms. The number of fused-ring (bicyclic) bond motifs is 2. The first-order chi connectivity index (χ1) is 18.6. The lowest BCUT2D eigenvalue weighted by Crippen LogP contribution is -2.33. The van der Waals surface area contributed by atoms with Gasteiger partial charge in [-0.25, -0.2) is 8.42 Å². The number of para-hydroxylation sites is 2. The maximum Gasteiger partial charge on any atom is 0.262 e. The summed E-state index contributed by atoms with van der Waals surface area (Å²) in [5, 5.41) is 2.32. The maximum atomic E-state index is 11.2. The van der Waals surface area contributed by atoms with Gasteiger partial charge in [0.25, 0.3) is 5.01 Å². The Morgan fingerprint density at radius 3 is 2.67 bits per heavy atom. The van der Waals surface area contributed by atoms with E-state index >= 15 is 0 Å². The van der Waals surface area contributed by atoms with Crippen molar-refractivity contribution >= 4 is 55.2 Å². The summed E-state index contributed by atoms with van der Waals surface area (Å²) in [6.45, 7) is 8.22. The first kappa shape index (κ1) is 27.9. The Morgan fingerprint density at radius 2 is 1.87 bits per heavy atom. The molecule has 0 radical (unpaired) electrons. The first-order valence-electron chi connectivity index (χ1n) is 13.3. The summed E-state index contributed by atoms with van der Waals surface area (Å²) in [6, 6.07) is 16.7. The largest absolute Gasteiger partial charge is 0.748 e. The van der Waals surface area contributed by atoms with Crippen LogP contribution in [0.15, 0.2) is 93.9 Å². The Labute approximate surface area is 240 Å². The van der Waals surface area contributed by atoms with Crippen LogP contribution in [0.25, 0.3) is 16.3 Å². The van der Waals surface area contributed by atoms with Crippen molar-refractivity contribution in [2.75, 3.05) is 17.2 Å². The van der Waals surface area contributed by atoms with Crippen molar-refractivity contribution in [3.05, 3.63) is 94.0 Å². The van der Waals surface area contributed by atoms with Crippen molar-refractivity contribution in [1.29, 1.82) is 0 Å². The standard InChI is InChI=1S/C31H34N2O3S3/c1-4-32-25-12-5-7-14-27(25)37-29(32)16-9-11-23-19-24(22-31(2,3)21-23)20-30-33(17-10-18-39(34,35)36)26-13-6-8-15-28(26)38-30/h5-9,11-16,19-20H,4,10,17-18,21-22H2,1-3H3. The Kier molecular flexibility index (Phi) is 8.19. The molecule has 0 N–H and O–H groups in total. The average molecular weight is 579 g/mol. The van der Waals surface area contributed by atoms with E-state index < -0.39 is 10.1 Å². The zero-order valence-electron chi connectivity index (χ0n) is 22.6. The first-order valence-corrected chi connectivity index (χ1v) is 16.5. The SMILES string of the molecule is CC[n+]1c(/C=C/C=C2C=C(/C=C3\Sc4ccccc4N3CCCS(=O)(=O)[O-])CC(C)(C)C/2)sc2ccccc21. The van der Waals surface area contributed by atoms with Gasteiger partial charge >= 0.3 is 0 Å². The molecular weight excluding hydrogens is 545 g/mol. The maximum absolute atomic E-state index is 11.2. The van der Waals surface area contributed by atoms with Crippen molar-refractivity contribution in [3.63, 3.8) is 0 Å². The van der Waals surface area contributed by atoms with Gasteiger partial charge in [0.05, 0.1) is 20.8 Å². The Balaban J connectivity index is 1.41. The van der Waals surface area contributed by atoms with Gasteiger partial charge in [-0.05, 0) is 67.0 Å². The number of aryl methyl sites for hydroxylation is 1. The molecule has 2 heterocycles. The average Bonchev–Trinajstić information content (AvgIpc) is 3.39. The molecule has 0 unspecified atom stereocenters. The highest BCUT2D eigenvalue weighted by atomic mass is 32.2. The number of thiazole rings is 1. The molecule has 204 valence electrons. The molecule has 1 aliphatic heterocycles. The summed E-state index contributed by atoms with van der Waals surface area (Å²) in [5.41, 5.74) is 5.02. The van der Waals surface area contributed by atoms with E-state index in [0.717, 1.165) is 35.0 Å². The molecule has 3 aromatic rings. The Bertz CT molecular complexity index is 1610. The smallest absolute Gasteiger partial charge is 0.262 e. The van der Waals surface area contributed by atoms with Gasteiger partial charge in [-0.15, -0.1) is 0 Å². The predicted octanol–water partition coefficient (Wildman–Crippen LogP) is 7.28. The molecule has 0 saturated heterocycles. The summed E-state index contributed by atoms with van der Waals surface area (Å²) >= 11 is 3.52. The van der Waals surface area contributed by atoms with Crippen LogP contribution in [0.1, 0.15) is 45.0 Å². The minimum Gasteiger partial charge on any atom is -0.748 e. The van der Waals surface area contributed by atoms with Gasteiger partial charge in [-0.3, -0.25) is 0 Å². The monoisotopic (exact) mass is 578 g/mol. The number of aromatic nitrogens is 1. The van der Waals surface area contributed by atoms with E-state index in [0.29, 0.717) is 13.0 Å². The van der Waals surface area contributed by atoms with Gasteiger partial charge in [0.15, 0.2) is 0 Å². The van der Waals surface area contributed by atoms with Crippen LogP contribution in [-0.4, -0.2) is 25.3 Å². The molecule has 0 saturated carbocycles. The van der Waals surface area contributed by atoms with E-state index in [9.17, 15) is 13.0 Å². The van der Waals surface area contributed by atoms with E-state index in [2.05, 4.69) is 97.0 Å². The highest BCUT2D eigenvalue weighted by Gasteiger charge is 2.28. The van der Waals surface area contributed by atoms with Gasteiger partial charge in [-0.1, -0.05) is 79.4 Å². The number of benzene rings is 2. The zero-order chi connectivity index (χ0) is 27.6. The van der Waals surface area contributed by atoms with Crippen molar-refractivity contribution in [2.24, 2.45) is 5.41 Å². The fourth-order valence-corrected chi connectivity index (χ4v) is 8.20. The van der Waals surface area contributed by atoms with Gasteiger partial charge < -0.3 is 9.45 Å². The molecule has 0 amide bonds. The molecule has 1 aromatic heterocycles. The van der Waals surface area contributed by atoms with E-state index in [1.807, 2.05) is 23.5 Å². The topological polar surface area (TPSA) is 64.3 Å². The summed E-state index contributed by atoms with van der Waals surface area (Å²) in [4.78, 5) is 3.30. The van der Waals surface area contributed by atoms with Crippen molar-refractivity contribution in [3.8, 4) is 0 Å². The molecule has 0 spiro atoms. The summed E-state index contributed by atoms with van der Waals surface area (Å²) in [6.07, 6.45) is 13.4. The third-order valence-electron chi connectivity index (χ3n) is 6.96. The van der Waals surface area contributed by atoms with Crippen LogP contribution in [0, 0.1) is 5.41 Å². The second kappa shape index (κ2) is 11.5. The number of thioether (sulfide) groups is 1. The van der Waals surface area contributed by atoms with Crippen molar-refractivity contribution in [2.45, 2.75) is 51.5 Å². The van der Waals surface area contributed by atoms with Crippen LogP contribution in [0.4, 0.5) is 5.69 Å². The van der Waals surface area contributed by atoms with Crippen molar-refractivity contribution in [1.82, 2.24) is 0 Å². The number of nitrogens with zero attached hydrogens (tertiary/aromatic N) is 2. The lowest BCUT2D eigenvalue weighted by Gasteiger charge is -2.31. The highest BCUT2D eigenvalue weighted by molar-refractivity contribution is 8.03. The second-order valence-electron chi connectivity index (χ2n) is 10.8. The van der Waals surface area contributed by atoms with E-state index in [1.165, 1.54) is 26.4 Å². The summed E-state index contributed by atoms with van der Waals surface area (Å²) < 4.78 is 37.3. The lowest BCUT2D eigenvalue weighted by molar-refractivity contribution is -0.665. The number of rotatable bonds is 8. The minimum absolute atomic E-state index is 0.124. The third-order valence-corrected chi connectivity index (χ3v) is 9.99.